The number of hydrogen-bond donors (Lipinski definition) is 1. The van der Waals surface area contributed by atoms with Crippen molar-refractivity contribution in [1.82, 2.24) is 4.90 Å². The summed E-state index contributed by atoms with van der Waals surface area (Å²) >= 11 is 0. The lowest BCUT2D eigenvalue weighted by Gasteiger charge is -2.35. The summed E-state index contributed by atoms with van der Waals surface area (Å²) in [4.78, 5) is 2.57. The molecular weight excluding hydrogens is 268 g/mol. The Balaban J connectivity index is 1.72. The van der Waals surface area contributed by atoms with Crippen molar-refractivity contribution in [2.45, 2.75) is 38.8 Å². The lowest BCUT2D eigenvalue weighted by Crippen LogP contribution is -2.42. The number of anilines is 1. The van der Waals surface area contributed by atoms with Gasteiger partial charge in [0.05, 0.1) is 0 Å². The number of rotatable bonds is 4. The van der Waals surface area contributed by atoms with Crippen molar-refractivity contribution in [3.63, 3.8) is 0 Å². The van der Waals surface area contributed by atoms with Crippen molar-refractivity contribution in [3.8, 4) is 11.1 Å². The fourth-order valence-electron chi connectivity index (χ4n) is 3.26. The minimum absolute atomic E-state index is 0.583. The summed E-state index contributed by atoms with van der Waals surface area (Å²) in [6.45, 7) is 6.97. The van der Waals surface area contributed by atoms with Gasteiger partial charge >= 0.3 is 0 Å². The fourth-order valence-corrected chi connectivity index (χ4v) is 3.26. The van der Waals surface area contributed by atoms with Gasteiger partial charge in [0.25, 0.3) is 0 Å². The molecule has 1 saturated heterocycles. The molecule has 2 aromatic carbocycles. The Hall–Kier alpha value is -1.80. The van der Waals surface area contributed by atoms with Gasteiger partial charge in [-0.2, -0.15) is 0 Å². The van der Waals surface area contributed by atoms with E-state index in [-0.39, 0.29) is 0 Å². The average molecular weight is 294 g/mol. The van der Waals surface area contributed by atoms with Gasteiger partial charge in [-0.05, 0) is 38.3 Å². The van der Waals surface area contributed by atoms with Crippen molar-refractivity contribution < 1.29 is 0 Å². The maximum absolute atomic E-state index is 3.78. The third kappa shape index (κ3) is 3.50. The van der Waals surface area contributed by atoms with Gasteiger partial charge in [0.1, 0.15) is 0 Å². The molecule has 0 unspecified atom stereocenters. The quantitative estimate of drug-likeness (QED) is 0.884. The highest BCUT2D eigenvalue weighted by Gasteiger charge is 2.21. The molecule has 3 rings (SSSR count). The fraction of sp³-hybridized carbons (Fsp3) is 0.400. The smallest absolute Gasteiger partial charge is 0.0422 e. The standard InChI is InChI=1S/C20H26N2/c1-16(2)22-14-12-18(13-15-22)21-20-11-7-6-10-19(20)17-8-4-3-5-9-17/h3-11,16,18,21H,12-15H2,1-2H3. The molecule has 22 heavy (non-hydrogen) atoms. The van der Waals surface area contributed by atoms with Crippen LogP contribution in [0.15, 0.2) is 54.6 Å². The molecule has 1 N–H and O–H groups in total. The highest BCUT2D eigenvalue weighted by Crippen LogP contribution is 2.29. The van der Waals surface area contributed by atoms with E-state index in [1.165, 1.54) is 42.7 Å². The van der Waals surface area contributed by atoms with Crippen LogP contribution in [0.1, 0.15) is 26.7 Å². The third-order valence-corrected chi connectivity index (χ3v) is 4.63. The molecule has 116 valence electrons. The van der Waals surface area contributed by atoms with E-state index in [1.807, 2.05) is 0 Å². The Morgan fingerprint density at radius 1 is 0.909 bits per heavy atom. The summed E-state index contributed by atoms with van der Waals surface area (Å²) in [5.74, 6) is 0. The first-order chi connectivity index (χ1) is 10.7. The molecule has 1 aliphatic heterocycles. The molecule has 2 heteroatoms. The van der Waals surface area contributed by atoms with Crippen molar-refractivity contribution >= 4 is 5.69 Å². The number of para-hydroxylation sites is 1. The SMILES string of the molecule is CC(C)N1CCC(Nc2ccccc2-c2ccccc2)CC1. The van der Waals surface area contributed by atoms with Gasteiger partial charge in [-0.3, -0.25) is 0 Å². The van der Waals surface area contributed by atoms with Crippen LogP contribution in [0.3, 0.4) is 0 Å². The largest absolute Gasteiger partial charge is 0.382 e. The van der Waals surface area contributed by atoms with Crippen LogP contribution < -0.4 is 5.32 Å². The average Bonchev–Trinajstić information content (AvgIpc) is 2.57. The molecule has 1 fully saturated rings. The Bertz CT molecular complexity index is 584. The summed E-state index contributed by atoms with van der Waals surface area (Å²) < 4.78 is 0. The predicted octanol–water partition coefficient (Wildman–Crippen LogP) is 4.64. The molecule has 0 saturated carbocycles. The topological polar surface area (TPSA) is 15.3 Å². The second-order valence-corrected chi connectivity index (χ2v) is 6.46. The van der Waals surface area contributed by atoms with Gasteiger partial charge in [0, 0.05) is 36.4 Å². The Morgan fingerprint density at radius 2 is 1.55 bits per heavy atom. The van der Waals surface area contributed by atoms with Gasteiger partial charge in [-0.1, -0.05) is 48.5 Å². The lowest BCUT2D eigenvalue weighted by atomic mass is 10.00. The van der Waals surface area contributed by atoms with Crippen LogP contribution in [0.25, 0.3) is 11.1 Å². The molecule has 1 aliphatic rings. The molecule has 0 amide bonds. The van der Waals surface area contributed by atoms with E-state index in [0.29, 0.717) is 12.1 Å². The van der Waals surface area contributed by atoms with Crippen LogP contribution in [-0.2, 0) is 0 Å². The van der Waals surface area contributed by atoms with Crippen LogP contribution in [0.2, 0.25) is 0 Å². The zero-order chi connectivity index (χ0) is 15.4. The molecule has 0 bridgehead atoms. The van der Waals surface area contributed by atoms with Crippen molar-refractivity contribution in [2.24, 2.45) is 0 Å². The van der Waals surface area contributed by atoms with E-state index in [4.69, 9.17) is 0 Å². The number of nitrogens with zero attached hydrogens (tertiary/aromatic N) is 1. The second-order valence-electron chi connectivity index (χ2n) is 6.46. The number of piperidine rings is 1. The molecule has 1 heterocycles. The summed E-state index contributed by atoms with van der Waals surface area (Å²) in [6.07, 6.45) is 2.45. The molecule has 2 aromatic rings. The van der Waals surface area contributed by atoms with Crippen molar-refractivity contribution in [3.05, 3.63) is 54.6 Å². The highest BCUT2D eigenvalue weighted by molar-refractivity contribution is 5.77. The van der Waals surface area contributed by atoms with Gasteiger partial charge in [-0.25, -0.2) is 0 Å². The Kier molecular flexibility index (Phi) is 4.79. The highest BCUT2D eigenvalue weighted by atomic mass is 15.2. The second kappa shape index (κ2) is 6.97. The van der Waals surface area contributed by atoms with Gasteiger partial charge in [0.15, 0.2) is 0 Å². The number of benzene rings is 2. The first-order valence-corrected chi connectivity index (χ1v) is 8.39. The van der Waals surface area contributed by atoms with E-state index in [1.54, 1.807) is 0 Å². The van der Waals surface area contributed by atoms with Crippen molar-refractivity contribution in [1.29, 1.82) is 0 Å². The summed E-state index contributed by atoms with van der Waals surface area (Å²) in [6, 6.07) is 20.5. The number of hydrogen-bond acceptors (Lipinski definition) is 2. The zero-order valence-electron chi connectivity index (χ0n) is 13.6. The minimum Gasteiger partial charge on any atom is -0.382 e. The first kappa shape index (κ1) is 15.1. The molecule has 0 spiro atoms. The van der Waals surface area contributed by atoms with E-state index in [9.17, 15) is 0 Å². The number of likely N-dealkylation sites (tertiary alicyclic amines) is 1. The Morgan fingerprint density at radius 3 is 2.23 bits per heavy atom. The molecule has 0 aromatic heterocycles. The van der Waals surface area contributed by atoms with Crippen LogP contribution in [0, 0.1) is 0 Å². The maximum Gasteiger partial charge on any atom is 0.0422 e. The molecular formula is C20H26N2. The normalized spacial score (nSPS) is 16.9. The predicted molar refractivity (Wildman–Crippen MR) is 95.2 cm³/mol. The zero-order valence-corrected chi connectivity index (χ0v) is 13.6. The van der Waals surface area contributed by atoms with E-state index in [2.05, 4.69) is 78.7 Å². The Labute approximate surface area is 134 Å². The lowest BCUT2D eigenvalue weighted by molar-refractivity contribution is 0.177. The molecule has 0 radical (unpaired) electrons. The van der Waals surface area contributed by atoms with Gasteiger partial charge in [0.2, 0.25) is 0 Å². The molecule has 0 aliphatic carbocycles. The summed E-state index contributed by atoms with van der Waals surface area (Å²) in [5, 5.41) is 3.78. The summed E-state index contributed by atoms with van der Waals surface area (Å²) in [5.41, 5.74) is 3.84. The van der Waals surface area contributed by atoms with Gasteiger partial charge < -0.3 is 10.2 Å². The van der Waals surface area contributed by atoms with Crippen LogP contribution in [0.5, 0.6) is 0 Å². The summed E-state index contributed by atoms with van der Waals surface area (Å²) in [7, 11) is 0. The number of nitrogens with one attached hydrogen (secondary N) is 1. The van der Waals surface area contributed by atoms with Gasteiger partial charge in [-0.15, -0.1) is 0 Å². The third-order valence-electron chi connectivity index (χ3n) is 4.63. The molecule has 0 atom stereocenters. The maximum atomic E-state index is 3.78. The van der Waals surface area contributed by atoms with E-state index in [0.717, 1.165) is 0 Å². The van der Waals surface area contributed by atoms with E-state index < -0.39 is 0 Å². The van der Waals surface area contributed by atoms with E-state index >= 15 is 0 Å². The molecule has 2 nitrogen and oxygen atoms in total. The van der Waals surface area contributed by atoms with Crippen LogP contribution >= 0.6 is 0 Å². The van der Waals surface area contributed by atoms with Crippen molar-refractivity contribution in [2.75, 3.05) is 18.4 Å². The monoisotopic (exact) mass is 294 g/mol. The van der Waals surface area contributed by atoms with Crippen LogP contribution in [0.4, 0.5) is 5.69 Å². The first-order valence-electron chi connectivity index (χ1n) is 8.39. The minimum atomic E-state index is 0.583. The van der Waals surface area contributed by atoms with Crippen LogP contribution in [-0.4, -0.2) is 30.1 Å².